The average Bonchev–Trinajstić information content (AvgIpc) is 3.44. The molecule has 244 valence electrons. The topological polar surface area (TPSA) is 87.7 Å². The summed E-state index contributed by atoms with van der Waals surface area (Å²) in [6, 6.07) is 44.9. The number of nitrogens with one attached hydrogen (secondary N) is 2. The minimum absolute atomic E-state index is 0.0854. The van der Waals surface area contributed by atoms with Crippen molar-refractivity contribution in [2.45, 2.75) is 50.1 Å². The molecule has 0 radical (unpaired) electrons. The number of hydrogen-bond acceptors (Lipinski definition) is 4. The Morgan fingerprint density at radius 2 is 1.21 bits per heavy atom. The Hall–Kier alpha value is -5.20. The Kier molecular flexibility index (Phi) is 10.3. The van der Waals surface area contributed by atoms with Crippen LogP contribution >= 0.6 is 0 Å². The lowest BCUT2D eigenvalue weighted by atomic mass is 9.76. The van der Waals surface area contributed by atoms with E-state index in [4.69, 9.17) is 4.74 Å². The molecule has 0 saturated heterocycles. The molecule has 1 amide bonds. The normalized spacial score (nSPS) is 12.9. The van der Waals surface area contributed by atoms with E-state index in [0.29, 0.717) is 12.8 Å². The summed E-state index contributed by atoms with van der Waals surface area (Å²) in [5, 5.41) is 16.4. The van der Waals surface area contributed by atoms with Crippen LogP contribution in [-0.2, 0) is 15.1 Å². The van der Waals surface area contributed by atoms with Gasteiger partial charge in [0.05, 0.1) is 5.54 Å². The molecular formula is C42H42N2O4. The maximum Gasteiger partial charge on any atom is 0.407 e. The van der Waals surface area contributed by atoms with Crippen LogP contribution in [0.25, 0.3) is 11.1 Å². The largest absolute Gasteiger partial charge is 0.480 e. The maximum atomic E-state index is 12.8. The summed E-state index contributed by atoms with van der Waals surface area (Å²) in [5.74, 6) is -1.15. The molecule has 3 N–H and O–H groups in total. The van der Waals surface area contributed by atoms with Crippen molar-refractivity contribution in [3.63, 3.8) is 0 Å². The number of benzene rings is 5. The fourth-order valence-electron chi connectivity index (χ4n) is 6.95. The van der Waals surface area contributed by atoms with Crippen LogP contribution < -0.4 is 10.6 Å². The summed E-state index contributed by atoms with van der Waals surface area (Å²) < 4.78 is 5.61. The molecule has 0 spiro atoms. The number of hydrogen-bond donors (Lipinski definition) is 3. The van der Waals surface area contributed by atoms with Crippen LogP contribution in [0.2, 0.25) is 0 Å². The standard InChI is InChI=1S/C42H42N2O4/c1-30-24-26-33(27-25-30)42(31-15-5-2-6-16-31,32-17-7-3-8-18-32)43-28-14-4-9-23-39(40(45)46)44-41(47)48-29-38-36-21-12-10-19-34(36)35-20-11-13-22-37(35)38/h2-3,5-8,10-13,15-22,24-27,38-39,43H,4,9,14,23,28-29H2,1H3,(H,44,47)(H,45,46)/t39-/m1/s1. The predicted octanol–water partition coefficient (Wildman–Crippen LogP) is 8.43. The Labute approximate surface area is 282 Å². The third kappa shape index (κ3) is 7.04. The van der Waals surface area contributed by atoms with Crippen LogP contribution in [0.15, 0.2) is 133 Å². The fourth-order valence-corrected chi connectivity index (χ4v) is 6.95. The predicted molar refractivity (Wildman–Crippen MR) is 190 cm³/mol. The minimum atomic E-state index is -1.06. The third-order valence-corrected chi connectivity index (χ3v) is 9.39. The van der Waals surface area contributed by atoms with E-state index >= 15 is 0 Å². The van der Waals surface area contributed by atoms with E-state index in [2.05, 4.69) is 115 Å². The first kappa shape index (κ1) is 32.7. The summed E-state index contributed by atoms with van der Waals surface area (Å²) in [7, 11) is 0. The van der Waals surface area contributed by atoms with E-state index in [1.54, 1.807) is 0 Å². The second-order valence-electron chi connectivity index (χ2n) is 12.5. The van der Waals surface area contributed by atoms with Crippen LogP contribution in [0.3, 0.4) is 0 Å². The van der Waals surface area contributed by atoms with Crippen molar-refractivity contribution in [2.24, 2.45) is 0 Å². The second-order valence-corrected chi connectivity index (χ2v) is 12.5. The quantitative estimate of drug-likeness (QED) is 0.0840. The number of ether oxygens (including phenoxy) is 1. The highest BCUT2D eigenvalue weighted by molar-refractivity contribution is 5.81. The first-order chi connectivity index (χ1) is 23.5. The number of carboxylic acids is 1. The highest BCUT2D eigenvalue weighted by Crippen LogP contribution is 2.44. The van der Waals surface area contributed by atoms with Crippen molar-refractivity contribution in [3.8, 4) is 11.1 Å². The summed E-state index contributed by atoms with van der Waals surface area (Å²) in [6.07, 6.45) is 1.90. The van der Waals surface area contributed by atoms with Gasteiger partial charge in [0.2, 0.25) is 0 Å². The second kappa shape index (κ2) is 15.1. The first-order valence-corrected chi connectivity index (χ1v) is 16.7. The van der Waals surface area contributed by atoms with Crippen LogP contribution in [0.5, 0.6) is 0 Å². The molecule has 0 saturated carbocycles. The number of alkyl carbamates (subject to hydrolysis) is 1. The van der Waals surface area contributed by atoms with E-state index in [9.17, 15) is 14.7 Å². The van der Waals surface area contributed by atoms with Gasteiger partial charge in [0.25, 0.3) is 0 Å². The van der Waals surface area contributed by atoms with Gasteiger partial charge in [0.15, 0.2) is 0 Å². The number of fused-ring (bicyclic) bond motifs is 3. The molecule has 6 rings (SSSR count). The van der Waals surface area contributed by atoms with Gasteiger partial charge < -0.3 is 15.2 Å². The van der Waals surface area contributed by atoms with E-state index in [0.717, 1.165) is 58.3 Å². The van der Waals surface area contributed by atoms with Crippen molar-refractivity contribution < 1.29 is 19.4 Å². The highest BCUT2D eigenvalue weighted by atomic mass is 16.5. The summed E-state index contributed by atoms with van der Waals surface area (Å²) in [5.41, 5.74) is 8.62. The van der Waals surface area contributed by atoms with E-state index in [1.165, 1.54) is 5.56 Å². The molecule has 0 aliphatic heterocycles. The number of carbonyl (C=O) groups is 2. The summed E-state index contributed by atoms with van der Waals surface area (Å²) in [4.78, 5) is 24.9. The fraction of sp³-hybridized carbons (Fsp3) is 0.238. The lowest BCUT2D eigenvalue weighted by Gasteiger charge is -2.37. The van der Waals surface area contributed by atoms with Gasteiger partial charge in [-0.05, 0) is 65.3 Å². The smallest absolute Gasteiger partial charge is 0.407 e. The molecule has 1 atom stereocenters. The molecule has 0 bridgehead atoms. The van der Waals surface area contributed by atoms with Crippen LogP contribution in [-0.4, -0.2) is 36.4 Å². The number of carboxylic acid groups (broad SMARTS) is 1. The number of unbranched alkanes of at least 4 members (excludes halogenated alkanes) is 2. The maximum absolute atomic E-state index is 12.8. The zero-order chi connectivity index (χ0) is 33.3. The SMILES string of the molecule is Cc1ccc(C(NCCCCC[C@@H](NC(=O)OCC2c3ccccc3-c3ccccc32)C(=O)O)(c2ccccc2)c2ccccc2)cc1. The lowest BCUT2D eigenvalue weighted by molar-refractivity contribution is -0.139. The average molecular weight is 639 g/mol. The summed E-state index contributed by atoms with van der Waals surface area (Å²) >= 11 is 0. The number of carbonyl (C=O) groups excluding carboxylic acids is 1. The van der Waals surface area contributed by atoms with Crippen LogP contribution in [0.1, 0.15) is 65.0 Å². The van der Waals surface area contributed by atoms with Gasteiger partial charge in [-0.3, -0.25) is 5.32 Å². The zero-order valence-corrected chi connectivity index (χ0v) is 27.3. The molecule has 5 aromatic carbocycles. The molecular weight excluding hydrogens is 596 g/mol. The van der Waals surface area contributed by atoms with Crippen molar-refractivity contribution in [3.05, 3.63) is 167 Å². The molecule has 0 unspecified atom stereocenters. The highest BCUT2D eigenvalue weighted by Gasteiger charge is 2.35. The van der Waals surface area contributed by atoms with Gasteiger partial charge in [0, 0.05) is 5.92 Å². The van der Waals surface area contributed by atoms with Gasteiger partial charge in [-0.1, -0.05) is 152 Å². The van der Waals surface area contributed by atoms with Crippen LogP contribution in [0.4, 0.5) is 4.79 Å². The van der Waals surface area contributed by atoms with Crippen molar-refractivity contribution in [1.82, 2.24) is 10.6 Å². The van der Waals surface area contributed by atoms with Gasteiger partial charge in [-0.25, -0.2) is 9.59 Å². The summed E-state index contributed by atoms with van der Waals surface area (Å²) in [6.45, 7) is 2.95. The van der Waals surface area contributed by atoms with Crippen LogP contribution in [0, 0.1) is 6.92 Å². The Bertz CT molecular complexity index is 1740. The van der Waals surface area contributed by atoms with Gasteiger partial charge in [0.1, 0.15) is 12.6 Å². The number of aryl methyl sites for hydroxylation is 1. The molecule has 0 heterocycles. The molecule has 1 aliphatic carbocycles. The Morgan fingerprint density at radius 1 is 0.688 bits per heavy atom. The van der Waals surface area contributed by atoms with E-state index in [1.807, 2.05) is 36.4 Å². The molecule has 5 aromatic rings. The monoisotopic (exact) mass is 638 g/mol. The Morgan fingerprint density at radius 3 is 1.77 bits per heavy atom. The number of amides is 1. The van der Waals surface area contributed by atoms with Crippen molar-refractivity contribution in [2.75, 3.05) is 13.2 Å². The number of aliphatic carboxylic acids is 1. The molecule has 6 nitrogen and oxygen atoms in total. The lowest BCUT2D eigenvalue weighted by Crippen LogP contribution is -2.45. The van der Waals surface area contributed by atoms with E-state index < -0.39 is 23.6 Å². The van der Waals surface area contributed by atoms with Crippen molar-refractivity contribution >= 4 is 12.1 Å². The van der Waals surface area contributed by atoms with Gasteiger partial charge in [-0.2, -0.15) is 0 Å². The molecule has 1 aliphatic rings. The molecule has 0 fully saturated rings. The van der Waals surface area contributed by atoms with E-state index in [-0.39, 0.29) is 12.5 Å². The Balaban J connectivity index is 1.05. The van der Waals surface area contributed by atoms with Gasteiger partial charge in [-0.15, -0.1) is 0 Å². The third-order valence-electron chi connectivity index (χ3n) is 9.39. The van der Waals surface area contributed by atoms with Gasteiger partial charge >= 0.3 is 12.1 Å². The minimum Gasteiger partial charge on any atom is -0.480 e. The zero-order valence-electron chi connectivity index (χ0n) is 27.3. The molecule has 0 aromatic heterocycles. The molecule has 6 heteroatoms. The number of rotatable bonds is 14. The molecule has 48 heavy (non-hydrogen) atoms. The first-order valence-electron chi connectivity index (χ1n) is 16.7. The van der Waals surface area contributed by atoms with Crippen molar-refractivity contribution in [1.29, 1.82) is 0 Å².